The number of nitrogens with zero attached hydrogens (tertiary/aromatic N) is 4. The highest BCUT2D eigenvalue weighted by Crippen LogP contribution is 2.25. The zero-order valence-electron chi connectivity index (χ0n) is 14.0. The molecule has 1 aromatic heterocycles. The van der Waals surface area contributed by atoms with Gasteiger partial charge < -0.3 is 4.90 Å². The average molecular weight is 333 g/mol. The summed E-state index contributed by atoms with van der Waals surface area (Å²) in [6.07, 6.45) is 2.94. The molecule has 3 aromatic rings. The number of nitrogens with one attached hydrogen (secondary N) is 1. The predicted octanol–water partition coefficient (Wildman–Crippen LogP) is 2.50. The summed E-state index contributed by atoms with van der Waals surface area (Å²) in [7, 11) is 1.90. The van der Waals surface area contributed by atoms with Gasteiger partial charge in [0.1, 0.15) is 0 Å². The number of amides is 1. The van der Waals surface area contributed by atoms with Gasteiger partial charge in [0.05, 0.1) is 0 Å². The number of carbonyl (C=O) groups excluding carboxylic acids is 1. The Morgan fingerprint density at radius 1 is 1.12 bits per heavy atom. The van der Waals surface area contributed by atoms with Crippen molar-refractivity contribution in [1.82, 2.24) is 25.5 Å². The van der Waals surface area contributed by atoms with E-state index in [0.29, 0.717) is 11.4 Å². The van der Waals surface area contributed by atoms with Crippen LogP contribution < -0.4 is 0 Å². The number of aromatic nitrogens is 4. The Bertz CT molecular complexity index is 873. The fourth-order valence-corrected chi connectivity index (χ4v) is 3.42. The maximum Gasteiger partial charge on any atom is 0.253 e. The fourth-order valence-electron chi connectivity index (χ4n) is 3.42. The Balaban J connectivity index is 1.49. The monoisotopic (exact) mass is 333 g/mol. The summed E-state index contributed by atoms with van der Waals surface area (Å²) in [6.45, 7) is 0. The number of rotatable bonds is 3. The number of hydrogen-bond acceptors (Lipinski definition) is 4. The van der Waals surface area contributed by atoms with E-state index in [1.54, 1.807) is 0 Å². The SMILES string of the molecule is CN(C(=O)c1ccc(-c2nn[nH]n2)cc1)C1CCc2ccccc2C1. The lowest BCUT2D eigenvalue weighted by atomic mass is 9.87. The molecule has 1 aliphatic rings. The molecule has 0 fully saturated rings. The molecule has 6 heteroatoms. The second-order valence-electron chi connectivity index (χ2n) is 6.39. The first-order valence-electron chi connectivity index (χ1n) is 8.40. The van der Waals surface area contributed by atoms with Gasteiger partial charge in [-0.25, -0.2) is 0 Å². The van der Waals surface area contributed by atoms with Gasteiger partial charge in [0.15, 0.2) is 0 Å². The number of benzene rings is 2. The number of carbonyl (C=O) groups is 1. The van der Waals surface area contributed by atoms with E-state index in [1.807, 2.05) is 36.2 Å². The molecular weight excluding hydrogens is 314 g/mol. The van der Waals surface area contributed by atoms with E-state index in [4.69, 9.17) is 0 Å². The van der Waals surface area contributed by atoms with Crippen molar-refractivity contribution in [3.8, 4) is 11.4 Å². The zero-order valence-corrected chi connectivity index (χ0v) is 14.0. The van der Waals surface area contributed by atoms with Crippen molar-refractivity contribution in [3.05, 3.63) is 65.2 Å². The van der Waals surface area contributed by atoms with E-state index in [0.717, 1.165) is 24.8 Å². The molecular formula is C19H19N5O. The number of aryl methyl sites for hydroxylation is 1. The molecule has 25 heavy (non-hydrogen) atoms. The highest BCUT2D eigenvalue weighted by Gasteiger charge is 2.25. The van der Waals surface area contributed by atoms with Crippen LogP contribution in [0.15, 0.2) is 48.5 Å². The Labute approximate surface area is 145 Å². The van der Waals surface area contributed by atoms with Crippen LogP contribution in [0.1, 0.15) is 27.9 Å². The second kappa shape index (κ2) is 6.47. The highest BCUT2D eigenvalue weighted by atomic mass is 16.2. The molecule has 2 aromatic carbocycles. The van der Waals surface area contributed by atoms with Crippen LogP contribution in [0.3, 0.4) is 0 Å². The van der Waals surface area contributed by atoms with Crippen LogP contribution in [-0.2, 0) is 12.8 Å². The van der Waals surface area contributed by atoms with Gasteiger partial charge in [0, 0.05) is 24.2 Å². The molecule has 0 spiro atoms. The normalized spacial score (nSPS) is 16.3. The summed E-state index contributed by atoms with van der Waals surface area (Å²) in [4.78, 5) is 14.7. The first-order valence-corrected chi connectivity index (χ1v) is 8.40. The first kappa shape index (κ1) is 15.5. The van der Waals surface area contributed by atoms with E-state index >= 15 is 0 Å². The van der Waals surface area contributed by atoms with Gasteiger partial charge in [-0.05, 0) is 47.7 Å². The molecule has 0 radical (unpaired) electrons. The molecule has 1 N–H and O–H groups in total. The third-order valence-electron chi connectivity index (χ3n) is 4.92. The van der Waals surface area contributed by atoms with Gasteiger partial charge in [-0.1, -0.05) is 36.4 Å². The van der Waals surface area contributed by atoms with Gasteiger partial charge >= 0.3 is 0 Å². The van der Waals surface area contributed by atoms with E-state index in [1.165, 1.54) is 11.1 Å². The lowest BCUT2D eigenvalue weighted by Crippen LogP contribution is -2.40. The molecule has 1 amide bonds. The maximum atomic E-state index is 12.8. The minimum atomic E-state index is 0.0454. The number of likely N-dealkylation sites (N-methyl/N-ethyl adjacent to an activating group) is 1. The van der Waals surface area contributed by atoms with Crippen molar-refractivity contribution in [2.24, 2.45) is 0 Å². The van der Waals surface area contributed by atoms with Crippen LogP contribution in [0.4, 0.5) is 0 Å². The van der Waals surface area contributed by atoms with Gasteiger partial charge in [-0.15, -0.1) is 10.2 Å². The van der Waals surface area contributed by atoms with Crippen LogP contribution in [0.25, 0.3) is 11.4 Å². The third kappa shape index (κ3) is 3.03. The molecule has 0 bridgehead atoms. The van der Waals surface area contributed by atoms with Crippen molar-refractivity contribution in [3.63, 3.8) is 0 Å². The van der Waals surface area contributed by atoms with Crippen LogP contribution in [0, 0.1) is 0 Å². The van der Waals surface area contributed by atoms with Crippen LogP contribution >= 0.6 is 0 Å². The minimum absolute atomic E-state index is 0.0454. The summed E-state index contributed by atoms with van der Waals surface area (Å²) in [5.41, 5.74) is 4.27. The maximum absolute atomic E-state index is 12.8. The summed E-state index contributed by atoms with van der Waals surface area (Å²) in [5.74, 6) is 0.570. The Kier molecular flexibility index (Phi) is 4.01. The van der Waals surface area contributed by atoms with Crippen LogP contribution in [0.2, 0.25) is 0 Å². The number of aromatic amines is 1. The summed E-state index contributed by atoms with van der Waals surface area (Å²) >= 11 is 0. The van der Waals surface area contributed by atoms with Gasteiger partial charge in [0.25, 0.3) is 5.91 Å². The number of tetrazole rings is 1. The molecule has 126 valence electrons. The molecule has 0 aliphatic heterocycles. The molecule has 1 heterocycles. The summed E-state index contributed by atoms with van der Waals surface area (Å²) < 4.78 is 0. The van der Waals surface area contributed by atoms with E-state index in [-0.39, 0.29) is 11.9 Å². The van der Waals surface area contributed by atoms with E-state index in [9.17, 15) is 4.79 Å². The molecule has 1 aliphatic carbocycles. The minimum Gasteiger partial charge on any atom is -0.338 e. The van der Waals surface area contributed by atoms with Gasteiger partial charge in [0.2, 0.25) is 5.82 Å². The number of H-pyrrole nitrogens is 1. The third-order valence-corrected chi connectivity index (χ3v) is 4.92. The van der Waals surface area contributed by atoms with Crippen molar-refractivity contribution < 1.29 is 4.79 Å². The highest BCUT2D eigenvalue weighted by molar-refractivity contribution is 5.94. The number of hydrogen-bond donors (Lipinski definition) is 1. The quantitative estimate of drug-likeness (QED) is 0.799. The van der Waals surface area contributed by atoms with Crippen LogP contribution in [-0.4, -0.2) is 44.5 Å². The topological polar surface area (TPSA) is 74.8 Å². The van der Waals surface area contributed by atoms with Crippen molar-refractivity contribution in [2.45, 2.75) is 25.3 Å². The lowest BCUT2D eigenvalue weighted by molar-refractivity contribution is 0.0719. The second-order valence-corrected chi connectivity index (χ2v) is 6.39. The van der Waals surface area contributed by atoms with Crippen molar-refractivity contribution in [1.29, 1.82) is 0 Å². The van der Waals surface area contributed by atoms with E-state index < -0.39 is 0 Å². The molecule has 1 unspecified atom stereocenters. The smallest absolute Gasteiger partial charge is 0.253 e. The Morgan fingerprint density at radius 2 is 1.88 bits per heavy atom. The zero-order chi connectivity index (χ0) is 17.2. The van der Waals surface area contributed by atoms with Crippen molar-refractivity contribution >= 4 is 5.91 Å². The average Bonchev–Trinajstić information content (AvgIpc) is 3.21. The van der Waals surface area contributed by atoms with Crippen molar-refractivity contribution in [2.75, 3.05) is 7.05 Å². The largest absolute Gasteiger partial charge is 0.338 e. The summed E-state index contributed by atoms with van der Waals surface area (Å²) in [6, 6.07) is 16.1. The fraction of sp³-hybridized carbons (Fsp3) is 0.263. The lowest BCUT2D eigenvalue weighted by Gasteiger charge is -2.32. The molecule has 0 saturated carbocycles. The molecule has 1 atom stereocenters. The van der Waals surface area contributed by atoms with Gasteiger partial charge in [-0.2, -0.15) is 5.21 Å². The molecule has 4 rings (SSSR count). The standard InChI is InChI=1S/C19H19N5O/c1-24(17-11-10-13-4-2-3-5-16(13)12-17)19(25)15-8-6-14(7-9-15)18-20-22-23-21-18/h2-9,17H,10-12H2,1H3,(H,20,21,22,23). The number of fused-ring (bicyclic) bond motifs is 1. The molecule has 6 nitrogen and oxygen atoms in total. The Hall–Kier alpha value is -3.02. The first-order chi connectivity index (χ1) is 12.2. The van der Waals surface area contributed by atoms with Crippen LogP contribution in [0.5, 0.6) is 0 Å². The summed E-state index contributed by atoms with van der Waals surface area (Å²) in [5, 5.41) is 13.9. The van der Waals surface area contributed by atoms with E-state index in [2.05, 4.69) is 44.9 Å². The Morgan fingerprint density at radius 3 is 2.60 bits per heavy atom. The predicted molar refractivity (Wildman–Crippen MR) is 94.0 cm³/mol. The molecule has 0 saturated heterocycles. The van der Waals surface area contributed by atoms with Gasteiger partial charge in [-0.3, -0.25) is 4.79 Å².